The molecule has 0 heterocycles. The molecule has 6 heteroatoms. The van der Waals surface area contributed by atoms with Crippen molar-refractivity contribution in [1.29, 1.82) is 0 Å². The highest BCUT2D eigenvalue weighted by Crippen LogP contribution is 2.14. The molecule has 0 aliphatic heterocycles. The molecule has 0 bridgehead atoms. The minimum Gasteiger partial charge on any atom is -0.274 e. The lowest BCUT2D eigenvalue weighted by Crippen LogP contribution is -2.27. The van der Waals surface area contributed by atoms with Crippen LogP contribution in [0.2, 0.25) is 0 Å². The highest BCUT2D eigenvalue weighted by molar-refractivity contribution is 5.98. The minimum atomic E-state index is -0.273. The summed E-state index contributed by atoms with van der Waals surface area (Å²) in [5, 5.41) is 2.25. The van der Waals surface area contributed by atoms with Gasteiger partial charge in [-0.15, -0.1) is 0 Å². The Morgan fingerprint density at radius 2 is 1.53 bits per heavy atom. The van der Waals surface area contributed by atoms with E-state index in [1.807, 2.05) is 0 Å². The maximum Gasteiger partial charge on any atom is 0.277 e. The molecule has 0 fully saturated rings. The number of amides is 2. The molecule has 0 aliphatic rings. The van der Waals surface area contributed by atoms with E-state index in [4.69, 9.17) is 9.68 Å². The fourth-order valence-corrected chi connectivity index (χ4v) is 1.55. The van der Waals surface area contributed by atoms with E-state index in [9.17, 15) is 9.59 Å². The Hall–Kier alpha value is -1.92. The van der Waals surface area contributed by atoms with Crippen molar-refractivity contribution in [1.82, 2.24) is 10.1 Å². The molecule has 104 valence electrons. The number of aryl methyl sites for hydroxylation is 1. The van der Waals surface area contributed by atoms with Gasteiger partial charge in [0.1, 0.15) is 0 Å². The van der Waals surface area contributed by atoms with Gasteiger partial charge in [-0.3, -0.25) is 19.3 Å². The number of hydroxylamine groups is 4. The third kappa shape index (κ3) is 3.30. The minimum absolute atomic E-state index is 0.265. The van der Waals surface area contributed by atoms with Crippen molar-refractivity contribution in [3.05, 3.63) is 34.9 Å². The summed E-state index contributed by atoms with van der Waals surface area (Å²) in [6.45, 7) is 1.76. The molecule has 1 rings (SSSR count). The number of carbonyl (C=O) groups excluding carboxylic acids is 2. The van der Waals surface area contributed by atoms with Crippen LogP contribution in [0.15, 0.2) is 18.2 Å². The zero-order valence-corrected chi connectivity index (χ0v) is 11.8. The number of carbonyl (C=O) groups is 2. The maximum atomic E-state index is 11.9. The van der Waals surface area contributed by atoms with Crippen molar-refractivity contribution in [2.75, 3.05) is 28.3 Å². The Morgan fingerprint density at radius 3 is 2.00 bits per heavy atom. The van der Waals surface area contributed by atoms with Crippen LogP contribution >= 0.6 is 0 Å². The summed E-state index contributed by atoms with van der Waals surface area (Å²) in [7, 11) is 5.88. The van der Waals surface area contributed by atoms with E-state index in [2.05, 4.69) is 0 Å². The van der Waals surface area contributed by atoms with Gasteiger partial charge in [0.15, 0.2) is 0 Å². The topological polar surface area (TPSA) is 59.1 Å². The van der Waals surface area contributed by atoms with Gasteiger partial charge in [0.25, 0.3) is 11.8 Å². The Labute approximate surface area is 112 Å². The number of rotatable bonds is 4. The summed E-state index contributed by atoms with van der Waals surface area (Å²) < 4.78 is 0. The van der Waals surface area contributed by atoms with Crippen LogP contribution < -0.4 is 0 Å². The van der Waals surface area contributed by atoms with Crippen LogP contribution in [0.5, 0.6) is 0 Å². The van der Waals surface area contributed by atoms with E-state index >= 15 is 0 Å². The van der Waals surface area contributed by atoms with Crippen LogP contribution in [-0.2, 0) is 9.68 Å². The van der Waals surface area contributed by atoms with Crippen molar-refractivity contribution in [3.63, 3.8) is 0 Å². The van der Waals surface area contributed by atoms with Gasteiger partial charge in [0.05, 0.1) is 14.2 Å². The lowest BCUT2D eigenvalue weighted by Gasteiger charge is -2.17. The molecule has 0 saturated carbocycles. The van der Waals surface area contributed by atoms with Gasteiger partial charge >= 0.3 is 0 Å². The van der Waals surface area contributed by atoms with E-state index in [0.717, 1.165) is 10.1 Å². The summed E-state index contributed by atoms with van der Waals surface area (Å²) >= 11 is 0. The van der Waals surface area contributed by atoms with E-state index in [-0.39, 0.29) is 11.8 Å². The van der Waals surface area contributed by atoms with Crippen molar-refractivity contribution >= 4 is 11.8 Å². The average molecular weight is 266 g/mol. The Morgan fingerprint density at radius 1 is 1.00 bits per heavy atom. The SMILES string of the molecule is CON(C)C(=O)c1ccc(C(=O)N(C)OC)c(C)c1. The molecule has 0 unspecified atom stereocenters. The van der Waals surface area contributed by atoms with E-state index < -0.39 is 0 Å². The molecule has 6 nitrogen and oxygen atoms in total. The fraction of sp³-hybridized carbons (Fsp3) is 0.385. The third-order valence-electron chi connectivity index (χ3n) is 2.82. The lowest BCUT2D eigenvalue weighted by molar-refractivity contribution is -0.0760. The standard InChI is InChI=1S/C13H18N2O4/c1-9-8-10(12(16)14(2)18-4)6-7-11(9)13(17)15(3)19-5/h6-8H,1-5H3. The molecule has 1 aromatic rings. The van der Waals surface area contributed by atoms with Crippen molar-refractivity contribution < 1.29 is 19.3 Å². The molecule has 0 N–H and O–H groups in total. The molecule has 0 aromatic heterocycles. The third-order valence-corrected chi connectivity index (χ3v) is 2.82. The normalized spacial score (nSPS) is 10.2. The fourth-order valence-electron chi connectivity index (χ4n) is 1.55. The van der Waals surface area contributed by atoms with Crippen LogP contribution in [0.3, 0.4) is 0 Å². The van der Waals surface area contributed by atoms with Crippen LogP contribution in [-0.4, -0.2) is 50.3 Å². The molecule has 0 aliphatic carbocycles. The summed E-state index contributed by atoms with van der Waals surface area (Å²) in [6.07, 6.45) is 0. The monoisotopic (exact) mass is 266 g/mol. The first-order chi connectivity index (χ1) is 8.92. The van der Waals surface area contributed by atoms with Crippen LogP contribution in [0.1, 0.15) is 26.3 Å². The Kier molecular flexibility index (Phi) is 5.02. The number of hydrogen-bond acceptors (Lipinski definition) is 4. The smallest absolute Gasteiger partial charge is 0.274 e. The van der Waals surface area contributed by atoms with Crippen LogP contribution in [0.25, 0.3) is 0 Å². The van der Waals surface area contributed by atoms with Crippen molar-refractivity contribution in [3.8, 4) is 0 Å². The molecule has 0 radical (unpaired) electrons. The molecule has 2 amide bonds. The van der Waals surface area contributed by atoms with Crippen molar-refractivity contribution in [2.24, 2.45) is 0 Å². The second-order valence-corrected chi connectivity index (χ2v) is 4.00. The summed E-state index contributed by atoms with van der Waals surface area (Å²) in [5.41, 5.74) is 1.64. The van der Waals surface area contributed by atoms with Gasteiger partial charge < -0.3 is 0 Å². The van der Waals surface area contributed by atoms with E-state index in [0.29, 0.717) is 16.7 Å². The first-order valence-electron chi connectivity index (χ1n) is 5.67. The number of nitrogens with zero attached hydrogens (tertiary/aromatic N) is 2. The van der Waals surface area contributed by atoms with Gasteiger partial charge in [-0.05, 0) is 30.7 Å². The Balaban J connectivity index is 3.04. The van der Waals surface area contributed by atoms with Gasteiger partial charge in [0, 0.05) is 25.2 Å². The highest BCUT2D eigenvalue weighted by Gasteiger charge is 2.17. The zero-order valence-electron chi connectivity index (χ0n) is 11.8. The van der Waals surface area contributed by atoms with E-state index in [1.54, 1.807) is 25.1 Å². The molecule has 0 atom stereocenters. The van der Waals surface area contributed by atoms with Gasteiger partial charge in [-0.1, -0.05) is 0 Å². The van der Waals surface area contributed by atoms with Gasteiger partial charge in [0.2, 0.25) is 0 Å². The highest BCUT2D eigenvalue weighted by atomic mass is 16.7. The maximum absolute atomic E-state index is 11.9. The summed E-state index contributed by atoms with van der Waals surface area (Å²) in [6, 6.07) is 4.83. The number of hydrogen-bond donors (Lipinski definition) is 0. The second-order valence-electron chi connectivity index (χ2n) is 4.00. The predicted molar refractivity (Wildman–Crippen MR) is 69.4 cm³/mol. The zero-order chi connectivity index (χ0) is 14.6. The molecule has 19 heavy (non-hydrogen) atoms. The molecule has 1 aromatic carbocycles. The lowest BCUT2D eigenvalue weighted by atomic mass is 10.0. The largest absolute Gasteiger partial charge is 0.277 e. The van der Waals surface area contributed by atoms with Crippen LogP contribution in [0.4, 0.5) is 0 Å². The van der Waals surface area contributed by atoms with Crippen molar-refractivity contribution in [2.45, 2.75) is 6.92 Å². The first-order valence-corrected chi connectivity index (χ1v) is 5.67. The summed E-state index contributed by atoms with van der Waals surface area (Å²) in [5.74, 6) is -0.538. The first kappa shape index (κ1) is 15.1. The number of benzene rings is 1. The summed E-state index contributed by atoms with van der Waals surface area (Å²) in [4.78, 5) is 33.5. The average Bonchev–Trinajstić information content (AvgIpc) is 2.43. The van der Waals surface area contributed by atoms with Gasteiger partial charge in [-0.25, -0.2) is 10.1 Å². The molecular formula is C13H18N2O4. The molecular weight excluding hydrogens is 248 g/mol. The van der Waals surface area contributed by atoms with Crippen LogP contribution in [0, 0.1) is 6.92 Å². The molecule has 0 saturated heterocycles. The van der Waals surface area contributed by atoms with Gasteiger partial charge in [-0.2, -0.15) is 0 Å². The molecule has 0 spiro atoms. The second kappa shape index (κ2) is 6.31. The van der Waals surface area contributed by atoms with E-state index in [1.165, 1.54) is 28.3 Å². The predicted octanol–water partition coefficient (Wildman–Crippen LogP) is 1.26. The Bertz CT molecular complexity index is 488. The quantitative estimate of drug-likeness (QED) is 0.770.